The normalized spacial score (nSPS) is 15.3. The number of nitrogens with zero attached hydrogens (tertiary/aromatic N) is 2. The first-order valence-electron chi connectivity index (χ1n) is 26.4. The number of aryl methyl sites for hydroxylation is 1. The van der Waals surface area contributed by atoms with Gasteiger partial charge in [-0.1, -0.05) is 151 Å². The smallest absolute Gasteiger partial charge is 0.246 e. The van der Waals surface area contributed by atoms with E-state index < -0.39 is 23.6 Å². The van der Waals surface area contributed by atoms with Crippen LogP contribution >= 0.6 is 22.9 Å². The van der Waals surface area contributed by atoms with Gasteiger partial charge in [0, 0.05) is 38.2 Å². The fourth-order valence-electron chi connectivity index (χ4n) is 9.46. The highest BCUT2D eigenvalue weighted by Gasteiger charge is 2.44. The van der Waals surface area contributed by atoms with E-state index in [2.05, 4.69) is 33.1 Å². The second-order valence-electron chi connectivity index (χ2n) is 20.4. The largest absolute Gasteiger partial charge is 0.508 e. The van der Waals surface area contributed by atoms with E-state index in [0.29, 0.717) is 44.0 Å². The number of amides is 4. The quantitative estimate of drug-likeness (QED) is 0.0187. The van der Waals surface area contributed by atoms with Crippen LogP contribution in [-0.2, 0) is 25.7 Å². The number of nitrogens with one attached hydrogen (secondary N) is 3. The monoisotopic (exact) mass is 1050 g/mol. The van der Waals surface area contributed by atoms with Crippen LogP contribution < -0.4 is 20.7 Å². The molecule has 396 valence electrons. The molecular weight excluding hydrogens is 970 g/mol. The number of rotatable bonds is 28. The van der Waals surface area contributed by atoms with Crippen LogP contribution in [0.1, 0.15) is 139 Å². The number of benzene rings is 4. The van der Waals surface area contributed by atoms with Gasteiger partial charge in [-0.2, -0.15) is 0 Å². The maximum absolute atomic E-state index is 14.0. The van der Waals surface area contributed by atoms with Crippen LogP contribution in [0.4, 0.5) is 0 Å². The van der Waals surface area contributed by atoms with Gasteiger partial charge in [0.25, 0.3) is 0 Å². The van der Waals surface area contributed by atoms with Crippen molar-refractivity contribution in [3.05, 3.63) is 137 Å². The number of hydrogen-bond donors (Lipinski definition) is 5. The molecule has 74 heavy (non-hydrogen) atoms. The first-order chi connectivity index (χ1) is 35.7. The Hall–Kier alpha value is -6.02. The number of likely N-dealkylation sites (tertiary alicyclic amines) is 1. The Morgan fingerprint density at radius 1 is 0.757 bits per heavy atom. The number of alkyl halides is 1. The van der Waals surface area contributed by atoms with E-state index in [1.807, 2.05) is 112 Å². The Balaban J connectivity index is 0.804. The van der Waals surface area contributed by atoms with Gasteiger partial charge in [-0.25, -0.2) is 4.98 Å². The summed E-state index contributed by atoms with van der Waals surface area (Å²) in [6, 6.07) is 31.6. The van der Waals surface area contributed by atoms with Crippen LogP contribution in [0.15, 0.2) is 109 Å². The third kappa shape index (κ3) is 17.6. The minimum Gasteiger partial charge on any atom is -0.508 e. The Kier molecular flexibility index (Phi) is 22.6. The van der Waals surface area contributed by atoms with Gasteiger partial charge in [0.15, 0.2) is 0 Å². The Morgan fingerprint density at radius 2 is 1.35 bits per heavy atom. The molecule has 3 atom stereocenters. The first-order valence-corrected chi connectivity index (χ1v) is 27.8. The number of carbonyl (C=O) groups excluding carboxylic acids is 4. The summed E-state index contributed by atoms with van der Waals surface area (Å²) in [4.78, 5) is 60.0. The van der Waals surface area contributed by atoms with Crippen molar-refractivity contribution >= 4 is 57.7 Å². The van der Waals surface area contributed by atoms with E-state index in [-0.39, 0.29) is 48.9 Å². The van der Waals surface area contributed by atoms with Crippen LogP contribution in [0.2, 0.25) is 0 Å². The summed E-state index contributed by atoms with van der Waals surface area (Å²) in [5, 5.41) is 29.5. The van der Waals surface area contributed by atoms with E-state index in [1.54, 1.807) is 23.5 Å². The number of ether oxygens (including phenoxy) is 1. The maximum atomic E-state index is 14.0. The molecule has 6 rings (SSSR count). The molecular formula is C60H76ClN5O7S. The van der Waals surface area contributed by atoms with Gasteiger partial charge in [0.1, 0.15) is 30.2 Å². The molecule has 1 aromatic heterocycles. The van der Waals surface area contributed by atoms with Crippen molar-refractivity contribution in [2.45, 2.75) is 142 Å². The molecule has 1 saturated heterocycles. The summed E-state index contributed by atoms with van der Waals surface area (Å²) in [5.41, 5.74) is 9.42. The molecule has 0 saturated carbocycles. The number of halogens is 1. The summed E-state index contributed by atoms with van der Waals surface area (Å²) in [7, 11) is 0. The van der Waals surface area contributed by atoms with Crippen molar-refractivity contribution in [1.82, 2.24) is 25.8 Å². The first kappa shape index (κ1) is 57.3. The number of carbonyl (C=O) groups is 4. The van der Waals surface area contributed by atoms with E-state index in [4.69, 9.17) is 16.3 Å². The highest BCUT2D eigenvalue weighted by atomic mass is 35.5. The molecule has 0 bridgehead atoms. The van der Waals surface area contributed by atoms with Crippen molar-refractivity contribution in [2.24, 2.45) is 5.41 Å². The number of aromatic nitrogens is 1. The lowest BCUT2D eigenvalue weighted by molar-refractivity contribution is -0.144. The number of aliphatic hydroxyl groups is 1. The third-order valence-corrected chi connectivity index (χ3v) is 14.7. The number of allylic oxidation sites excluding steroid dienone is 1. The molecule has 0 spiro atoms. The Bertz CT molecular complexity index is 2580. The SMILES string of the molecule is Cc1ncsc1-c1ccc(CNC(=O)[C@@H]2C[C@@H](O)CN2C(=O)[C@@H](NC(=O)CCCCCCCCCCCCC(=O)NCCOc2ccc(C(=C(CCCl)c3ccccc3)c3ccc(O)cc3)cc2)C(C)(C)C)cc1. The lowest BCUT2D eigenvalue weighted by atomic mass is 9.85. The Labute approximate surface area is 447 Å². The minimum atomic E-state index is -0.845. The topological polar surface area (TPSA) is 170 Å². The van der Waals surface area contributed by atoms with E-state index in [9.17, 15) is 29.4 Å². The molecule has 14 heteroatoms. The summed E-state index contributed by atoms with van der Waals surface area (Å²) >= 11 is 7.89. The molecule has 4 amide bonds. The van der Waals surface area contributed by atoms with Gasteiger partial charge in [0.05, 0.1) is 28.7 Å². The molecule has 2 heterocycles. The molecule has 5 aromatic rings. The van der Waals surface area contributed by atoms with Gasteiger partial charge in [-0.05, 0) is 94.8 Å². The lowest BCUT2D eigenvalue weighted by Crippen LogP contribution is -2.57. The highest BCUT2D eigenvalue weighted by molar-refractivity contribution is 7.13. The number of hydrogen-bond acceptors (Lipinski definition) is 9. The molecule has 12 nitrogen and oxygen atoms in total. The summed E-state index contributed by atoms with van der Waals surface area (Å²) in [6.07, 6.45) is 10.9. The maximum Gasteiger partial charge on any atom is 0.246 e. The zero-order valence-corrected chi connectivity index (χ0v) is 45.2. The van der Waals surface area contributed by atoms with Gasteiger partial charge < -0.3 is 35.8 Å². The van der Waals surface area contributed by atoms with E-state index in [1.165, 1.54) is 4.90 Å². The average Bonchev–Trinajstić information content (AvgIpc) is 4.02. The fourth-order valence-corrected chi connectivity index (χ4v) is 10.5. The molecule has 0 unspecified atom stereocenters. The van der Waals surface area contributed by atoms with Crippen molar-refractivity contribution in [3.63, 3.8) is 0 Å². The number of aromatic hydroxyl groups is 1. The van der Waals surface area contributed by atoms with E-state index >= 15 is 0 Å². The van der Waals surface area contributed by atoms with Crippen molar-refractivity contribution in [2.75, 3.05) is 25.6 Å². The van der Waals surface area contributed by atoms with Gasteiger partial charge in [-0.15, -0.1) is 22.9 Å². The zero-order chi connectivity index (χ0) is 52.9. The second kappa shape index (κ2) is 29.2. The molecule has 1 fully saturated rings. The van der Waals surface area contributed by atoms with E-state index in [0.717, 1.165) is 114 Å². The fraction of sp³-hybridized carbons (Fsp3) is 0.450. The minimum absolute atomic E-state index is 0.0339. The number of β-amino-alcohol motifs (C(OH)–C–C–N with tert-alkyl or cyclic N) is 1. The van der Waals surface area contributed by atoms with Crippen LogP contribution in [0, 0.1) is 12.3 Å². The number of unbranched alkanes of at least 4 members (excludes halogenated alkanes) is 9. The molecule has 1 aliphatic rings. The predicted octanol–water partition coefficient (Wildman–Crippen LogP) is 11.4. The molecule has 5 N–H and O–H groups in total. The second-order valence-corrected chi connectivity index (χ2v) is 21.6. The van der Waals surface area contributed by atoms with Crippen LogP contribution in [0.25, 0.3) is 21.6 Å². The molecule has 0 radical (unpaired) electrons. The van der Waals surface area contributed by atoms with Crippen LogP contribution in [0.5, 0.6) is 11.5 Å². The lowest BCUT2D eigenvalue weighted by Gasteiger charge is -2.35. The van der Waals surface area contributed by atoms with Gasteiger partial charge in [0.2, 0.25) is 23.6 Å². The van der Waals surface area contributed by atoms with Crippen molar-refractivity contribution < 1.29 is 34.1 Å². The number of thiazole rings is 1. The number of phenolic OH excluding ortho intramolecular Hbond substituents is 1. The predicted molar refractivity (Wildman–Crippen MR) is 298 cm³/mol. The molecule has 0 aliphatic carbocycles. The summed E-state index contributed by atoms with van der Waals surface area (Å²) in [5.74, 6) is 0.550. The molecule has 1 aliphatic heterocycles. The third-order valence-electron chi connectivity index (χ3n) is 13.5. The number of aliphatic hydroxyl groups excluding tert-OH is 1. The summed E-state index contributed by atoms with van der Waals surface area (Å²) < 4.78 is 5.98. The van der Waals surface area contributed by atoms with Crippen molar-refractivity contribution in [1.29, 1.82) is 0 Å². The van der Waals surface area contributed by atoms with Gasteiger partial charge >= 0.3 is 0 Å². The average molecular weight is 1050 g/mol. The number of phenols is 1. The summed E-state index contributed by atoms with van der Waals surface area (Å²) in [6.45, 7) is 8.78. The Morgan fingerprint density at radius 3 is 1.93 bits per heavy atom. The highest BCUT2D eigenvalue weighted by Crippen LogP contribution is 2.36. The van der Waals surface area contributed by atoms with Crippen molar-refractivity contribution in [3.8, 4) is 21.9 Å². The zero-order valence-electron chi connectivity index (χ0n) is 43.7. The molecule has 4 aromatic carbocycles. The standard InChI is InChI=1S/C60H76ClN5O7S/c1-42-56(74-41-64-42)47-24-22-43(23-25-47)39-63-58(71)52-38-49(68)40-66(52)59(72)57(60(2,3)4)65-54(70)21-17-12-10-8-6-5-7-9-11-16-20-53(69)62-36-37-73-50-32-28-46(29-33-50)55(45-26-30-48(67)31-27-45)51(34-35-61)44-18-14-13-15-19-44/h13-15,18-19,22-33,41,49,52,57,67-68H,5-12,16-17,20-21,34-40H2,1-4H3,(H,62,69)(H,63,71)(H,65,70)/t49-,52+,57-/m1/s1. The van der Waals surface area contributed by atoms with Crippen LogP contribution in [-0.4, -0.2) is 87.5 Å². The van der Waals surface area contributed by atoms with Crippen LogP contribution in [0.3, 0.4) is 0 Å². The van der Waals surface area contributed by atoms with Gasteiger partial charge in [-0.3, -0.25) is 19.2 Å².